The molecular formula is C14H17ClN4. The molecule has 0 spiro atoms. The van der Waals surface area contributed by atoms with E-state index in [4.69, 9.17) is 11.6 Å². The number of rotatable bonds is 1. The summed E-state index contributed by atoms with van der Waals surface area (Å²) in [5, 5.41) is 3.99. The molecule has 1 aliphatic heterocycles. The summed E-state index contributed by atoms with van der Waals surface area (Å²) in [5.74, 6) is 0.792. The molecule has 100 valence electrons. The zero-order valence-corrected chi connectivity index (χ0v) is 11.9. The van der Waals surface area contributed by atoms with Gasteiger partial charge in [-0.25, -0.2) is 9.97 Å². The molecule has 1 aromatic carbocycles. The lowest BCUT2D eigenvalue weighted by Gasteiger charge is -2.37. The van der Waals surface area contributed by atoms with Gasteiger partial charge in [0.05, 0.1) is 11.0 Å². The van der Waals surface area contributed by atoms with Crippen LogP contribution in [-0.4, -0.2) is 35.1 Å². The average Bonchev–Trinajstić information content (AvgIpc) is 2.36. The Morgan fingerprint density at radius 1 is 1.11 bits per heavy atom. The molecule has 2 heterocycles. The lowest BCUT2D eigenvalue weighted by Crippen LogP contribution is -2.54. The zero-order chi connectivity index (χ0) is 13.4. The molecule has 2 aromatic rings. The lowest BCUT2D eigenvalue weighted by molar-refractivity contribution is 0.405. The Morgan fingerprint density at radius 3 is 2.32 bits per heavy atom. The zero-order valence-electron chi connectivity index (χ0n) is 11.1. The van der Waals surface area contributed by atoms with Gasteiger partial charge < -0.3 is 10.2 Å². The van der Waals surface area contributed by atoms with Crippen LogP contribution in [0.15, 0.2) is 24.3 Å². The summed E-state index contributed by atoms with van der Waals surface area (Å²) in [5.41, 5.74) is 1.73. The van der Waals surface area contributed by atoms with Crippen molar-refractivity contribution in [2.75, 3.05) is 18.0 Å². The van der Waals surface area contributed by atoms with Crippen LogP contribution in [0.25, 0.3) is 11.0 Å². The standard InChI is InChI=1S/C14H17ClN4/c1-9-7-19(8-10(2)16-9)14-13(15)17-11-5-3-4-6-12(11)18-14/h3-6,9-10,16H,7-8H2,1-2H3/t9-,10-/m1/s1. The summed E-state index contributed by atoms with van der Waals surface area (Å²) in [7, 11) is 0. The number of fused-ring (bicyclic) bond motifs is 1. The molecule has 0 amide bonds. The number of hydrogen-bond acceptors (Lipinski definition) is 4. The maximum Gasteiger partial charge on any atom is 0.172 e. The summed E-state index contributed by atoms with van der Waals surface area (Å²) < 4.78 is 0. The minimum atomic E-state index is 0.424. The number of nitrogens with one attached hydrogen (secondary N) is 1. The summed E-state index contributed by atoms with van der Waals surface area (Å²) in [6.07, 6.45) is 0. The van der Waals surface area contributed by atoms with Crippen LogP contribution in [0.1, 0.15) is 13.8 Å². The number of hydrogen-bond donors (Lipinski definition) is 1. The molecule has 19 heavy (non-hydrogen) atoms. The highest BCUT2D eigenvalue weighted by Gasteiger charge is 2.24. The largest absolute Gasteiger partial charge is 0.351 e. The Labute approximate surface area is 117 Å². The van der Waals surface area contributed by atoms with Gasteiger partial charge in [-0.05, 0) is 26.0 Å². The van der Waals surface area contributed by atoms with E-state index >= 15 is 0 Å². The van der Waals surface area contributed by atoms with Gasteiger partial charge in [0.15, 0.2) is 11.0 Å². The topological polar surface area (TPSA) is 41.1 Å². The Hall–Kier alpha value is -1.39. The van der Waals surface area contributed by atoms with Crippen molar-refractivity contribution < 1.29 is 0 Å². The third-order valence-corrected chi connectivity index (χ3v) is 3.62. The Bertz CT molecular complexity index is 591. The van der Waals surface area contributed by atoms with Gasteiger partial charge in [-0.15, -0.1) is 0 Å². The molecule has 1 N–H and O–H groups in total. The molecule has 1 aliphatic rings. The fraction of sp³-hybridized carbons (Fsp3) is 0.429. The van der Waals surface area contributed by atoms with Gasteiger partial charge in [-0.2, -0.15) is 0 Å². The molecule has 0 unspecified atom stereocenters. The monoisotopic (exact) mass is 276 g/mol. The van der Waals surface area contributed by atoms with Gasteiger partial charge in [0.25, 0.3) is 0 Å². The first-order valence-corrected chi connectivity index (χ1v) is 6.94. The Kier molecular flexibility index (Phi) is 3.29. The normalized spacial score (nSPS) is 23.8. The summed E-state index contributed by atoms with van der Waals surface area (Å²) in [6, 6.07) is 8.67. The molecule has 0 radical (unpaired) electrons. The van der Waals surface area contributed by atoms with Gasteiger partial charge in [0, 0.05) is 25.2 Å². The molecule has 0 saturated carbocycles. The molecule has 0 aliphatic carbocycles. The van der Waals surface area contributed by atoms with Crippen LogP contribution < -0.4 is 10.2 Å². The molecule has 4 nitrogen and oxygen atoms in total. The van der Waals surface area contributed by atoms with Crippen LogP contribution in [0.4, 0.5) is 5.82 Å². The van der Waals surface area contributed by atoms with Gasteiger partial charge in [0.2, 0.25) is 0 Å². The first-order valence-electron chi connectivity index (χ1n) is 6.57. The first kappa shape index (κ1) is 12.6. The SMILES string of the molecule is C[C@@H]1CN(c2nc3ccccc3nc2Cl)C[C@@H](C)N1. The Morgan fingerprint density at radius 2 is 1.68 bits per heavy atom. The van der Waals surface area contributed by atoms with E-state index in [1.54, 1.807) is 0 Å². The van der Waals surface area contributed by atoms with E-state index in [0.717, 1.165) is 29.9 Å². The van der Waals surface area contributed by atoms with E-state index in [9.17, 15) is 0 Å². The maximum atomic E-state index is 6.30. The van der Waals surface area contributed by atoms with Crippen molar-refractivity contribution in [3.63, 3.8) is 0 Å². The third kappa shape index (κ3) is 2.51. The highest BCUT2D eigenvalue weighted by Crippen LogP contribution is 2.26. The van der Waals surface area contributed by atoms with Crippen LogP contribution in [-0.2, 0) is 0 Å². The smallest absolute Gasteiger partial charge is 0.172 e. The van der Waals surface area contributed by atoms with Crippen molar-refractivity contribution in [3.05, 3.63) is 29.4 Å². The van der Waals surface area contributed by atoms with E-state index in [1.165, 1.54) is 0 Å². The number of para-hydroxylation sites is 2. The predicted molar refractivity (Wildman–Crippen MR) is 78.8 cm³/mol. The van der Waals surface area contributed by atoms with Crippen molar-refractivity contribution in [1.29, 1.82) is 0 Å². The number of aromatic nitrogens is 2. The number of halogens is 1. The molecule has 1 saturated heterocycles. The quantitative estimate of drug-likeness (QED) is 0.869. The van der Waals surface area contributed by atoms with Crippen LogP contribution in [0.3, 0.4) is 0 Å². The molecule has 5 heteroatoms. The molecular weight excluding hydrogens is 260 g/mol. The predicted octanol–water partition coefficient (Wildman–Crippen LogP) is 2.47. The van der Waals surface area contributed by atoms with Crippen molar-refractivity contribution in [3.8, 4) is 0 Å². The number of nitrogens with zero attached hydrogens (tertiary/aromatic N) is 3. The number of piperazine rings is 1. The lowest BCUT2D eigenvalue weighted by atomic mass is 10.1. The van der Waals surface area contributed by atoms with Gasteiger partial charge >= 0.3 is 0 Å². The molecule has 1 aromatic heterocycles. The second-order valence-electron chi connectivity index (χ2n) is 5.20. The van der Waals surface area contributed by atoms with Crippen LogP contribution in [0, 0.1) is 0 Å². The van der Waals surface area contributed by atoms with E-state index in [0.29, 0.717) is 17.2 Å². The minimum absolute atomic E-state index is 0.424. The molecule has 2 atom stereocenters. The van der Waals surface area contributed by atoms with Crippen molar-refractivity contribution in [1.82, 2.24) is 15.3 Å². The summed E-state index contributed by atoms with van der Waals surface area (Å²) >= 11 is 6.30. The second-order valence-corrected chi connectivity index (χ2v) is 5.56. The van der Waals surface area contributed by atoms with Gasteiger partial charge in [-0.1, -0.05) is 23.7 Å². The van der Waals surface area contributed by atoms with Crippen LogP contribution in [0.5, 0.6) is 0 Å². The molecule has 1 fully saturated rings. The number of anilines is 1. The van der Waals surface area contributed by atoms with E-state index in [1.807, 2.05) is 24.3 Å². The summed E-state index contributed by atoms with van der Waals surface area (Å²) in [6.45, 7) is 6.14. The van der Waals surface area contributed by atoms with Gasteiger partial charge in [0.1, 0.15) is 0 Å². The molecule has 0 bridgehead atoms. The average molecular weight is 277 g/mol. The highest BCUT2D eigenvalue weighted by atomic mass is 35.5. The van der Waals surface area contributed by atoms with E-state index in [2.05, 4.69) is 34.0 Å². The van der Waals surface area contributed by atoms with E-state index in [-0.39, 0.29) is 0 Å². The maximum absolute atomic E-state index is 6.30. The van der Waals surface area contributed by atoms with Crippen molar-refractivity contribution in [2.45, 2.75) is 25.9 Å². The fourth-order valence-corrected chi connectivity index (χ4v) is 2.92. The first-order chi connectivity index (χ1) is 9.13. The fourth-order valence-electron chi connectivity index (χ4n) is 2.67. The highest BCUT2D eigenvalue weighted by molar-refractivity contribution is 6.32. The van der Waals surface area contributed by atoms with Gasteiger partial charge in [-0.3, -0.25) is 0 Å². The minimum Gasteiger partial charge on any atom is -0.351 e. The number of benzene rings is 1. The third-order valence-electron chi connectivity index (χ3n) is 3.37. The van der Waals surface area contributed by atoms with Crippen LogP contribution >= 0.6 is 11.6 Å². The summed E-state index contributed by atoms with van der Waals surface area (Å²) in [4.78, 5) is 11.3. The van der Waals surface area contributed by atoms with Crippen molar-refractivity contribution >= 4 is 28.5 Å². The van der Waals surface area contributed by atoms with Crippen molar-refractivity contribution in [2.24, 2.45) is 0 Å². The van der Waals surface area contributed by atoms with E-state index < -0.39 is 0 Å². The molecule has 3 rings (SSSR count). The Balaban J connectivity index is 2.01. The van der Waals surface area contributed by atoms with Crippen LogP contribution in [0.2, 0.25) is 5.15 Å². The second kappa shape index (κ2) is 4.94.